The summed E-state index contributed by atoms with van der Waals surface area (Å²) >= 11 is 9.99. The van der Waals surface area contributed by atoms with Crippen molar-refractivity contribution in [2.75, 3.05) is 10.8 Å². The highest BCUT2D eigenvalue weighted by Crippen LogP contribution is 2.31. The van der Waals surface area contributed by atoms with Gasteiger partial charge in [0.05, 0.1) is 15.6 Å². The molecule has 0 heterocycles. The van der Waals surface area contributed by atoms with E-state index in [9.17, 15) is 18.0 Å². The topological polar surface area (TPSA) is 86.8 Å². The summed E-state index contributed by atoms with van der Waals surface area (Å²) in [6.07, 6.45) is 0.233. The number of sulfonamides is 1. The molecule has 2 amide bonds. The second kappa shape index (κ2) is 14.7. The lowest BCUT2D eigenvalue weighted by molar-refractivity contribution is -0.140. The highest BCUT2D eigenvalue weighted by atomic mass is 79.9. The fourth-order valence-electron chi connectivity index (χ4n) is 4.65. The molecule has 0 aliphatic rings. The van der Waals surface area contributed by atoms with Crippen molar-refractivity contribution in [3.8, 4) is 0 Å². The third-order valence-corrected chi connectivity index (χ3v) is 9.26. The van der Waals surface area contributed by atoms with Gasteiger partial charge in [-0.1, -0.05) is 100 Å². The zero-order valence-corrected chi connectivity index (χ0v) is 27.0. The number of benzene rings is 4. The van der Waals surface area contributed by atoms with Crippen molar-refractivity contribution < 1.29 is 18.0 Å². The second-order valence-corrected chi connectivity index (χ2v) is 13.5. The van der Waals surface area contributed by atoms with E-state index in [0.717, 1.165) is 19.9 Å². The van der Waals surface area contributed by atoms with Gasteiger partial charge < -0.3 is 10.2 Å². The standard InChI is InChI=1S/C33H33BrClN3O4S/c1-24(2)36-33(40)31(21-25-12-5-3-6-13-25)37(22-26-14-11-15-27(34)20-26)32(39)23-38(30-19-10-9-18-29(30)35)43(41,42)28-16-7-4-8-17-28/h3-20,24,31H,21-23H2,1-2H3,(H,36,40)/t31-/m1/s1. The highest BCUT2D eigenvalue weighted by Gasteiger charge is 2.35. The number of amides is 2. The van der Waals surface area contributed by atoms with Crippen molar-refractivity contribution in [1.82, 2.24) is 10.2 Å². The summed E-state index contributed by atoms with van der Waals surface area (Å²) in [5.41, 5.74) is 1.79. The van der Waals surface area contributed by atoms with E-state index in [-0.39, 0.29) is 40.5 Å². The second-order valence-electron chi connectivity index (χ2n) is 10.3. The maximum atomic E-state index is 14.4. The lowest BCUT2D eigenvalue weighted by Crippen LogP contribution is -2.54. The monoisotopic (exact) mass is 681 g/mol. The smallest absolute Gasteiger partial charge is 0.264 e. The van der Waals surface area contributed by atoms with Crippen LogP contribution in [-0.2, 0) is 32.6 Å². The van der Waals surface area contributed by atoms with Crippen LogP contribution in [0.3, 0.4) is 0 Å². The van der Waals surface area contributed by atoms with Crippen molar-refractivity contribution >= 4 is 55.1 Å². The van der Waals surface area contributed by atoms with Crippen LogP contribution in [0.5, 0.6) is 0 Å². The molecule has 0 aliphatic carbocycles. The summed E-state index contributed by atoms with van der Waals surface area (Å²) in [7, 11) is -4.22. The van der Waals surface area contributed by atoms with E-state index in [1.54, 1.807) is 42.5 Å². The van der Waals surface area contributed by atoms with Gasteiger partial charge in [-0.25, -0.2) is 8.42 Å². The first-order chi connectivity index (χ1) is 20.6. The van der Waals surface area contributed by atoms with E-state index in [2.05, 4.69) is 21.2 Å². The average Bonchev–Trinajstić information content (AvgIpc) is 2.98. The Kier molecular flexibility index (Phi) is 11.0. The van der Waals surface area contributed by atoms with Crippen LogP contribution < -0.4 is 9.62 Å². The molecule has 224 valence electrons. The number of carbonyl (C=O) groups is 2. The molecule has 10 heteroatoms. The zero-order chi connectivity index (χ0) is 31.0. The molecule has 1 atom stereocenters. The Balaban J connectivity index is 1.81. The molecule has 0 fully saturated rings. The minimum absolute atomic E-state index is 0.0136. The molecule has 0 spiro atoms. The first kappa shape index (κ1) is 32.3. The van der Waals surface area contributed by atoms with Crippen LogP contribution in [-0.4, -0.2) is 43.8 Å². The molecule has 4 aromatic carbocycles. The molecule has 0 aliphatic heterocycles. The Hall–Kier alpha value is -3.66. The van der Waals surface area contributed by atoms with Crippen molar-refractivity contribution in [2.24, 2.45) is 0 Å². The third-order valence-electron chi connectivity index (χ3n) is 6.68. The van der Waals surface area contributed by atoms with Gasteiger partial charge in [0.25, 0.3) is 10.0 Å². The van der Waals surface area contributed by atoms with E-state index in [1.165, 1.54) is 17.0 Å². The van der Waals surface area contributed by atoms with E-state index in [4.69, 9.17) is 11.6 Å². The quantitative estimate of drug-likeness (QED) is 0.186. The van der Waals surface area contributed by atoms with Crippen molar-refractivity contribution in [2.45, 2.75) is 43.8 Å². The molecule has 0 radical (unpaired) electrons. The largest absolute Gasteiger partial charge is 0.352 e. The molecule has 0 saturated heterocycles. The van der Waals surface area contributed by atoms with Gasteiger partial charge in [0.15, 0.2) is 0 Å². The number of nitrogens with zero attached hydrogens (tertiary/aromatic N) is 2. The molecule has 4 aromatic rings. The molecule has 43 heavy (non-hydrogen) atoms. The number of nitrogens with one attached hydrogen (secondary N) is 1. The third kappa shape index (κ3) is 8.46. The van der Waals surface area contributed by atoms with Crippen LogP contribution in [0.25, 0.3) is 0 Å². The number of rotatable bonds is 12. The van der Waals surface area contributed by atoms with Gasteiger partial charge in [-0.05, 0) is 61.4 Å². The van der Waals surface area contributed by atoms with E-state index < -0.39 is 28.5 Å². The van der Waals surface area contributed by atoms with Gasteiger partial charge in [0.1, 0.15) is 12.6 Å². The van der Waals surface area contributed by atoms with Crippen LogP contribution >= 0.6 is 27.5 Å². The molecular weight excluding hydrogens is 650 g/mol. The first-order valence-electron chi connectivity index (χ1n) is 13.8. The molecule has 0 bridgehead atoms. The first-order valence-corrected chi connectivity index (χ1v) is 16.4. The van der Waals surface area contributed by atoms with Crippen molar-refractivity contribution in [3.05, 3.63) is 130 Å². The summed E-state index contributed by atoms with van der Waals surface area (Å²) < 4.78 is 29.8. The van der Waals surface area contributed by atoms with Crippen LogP contribution in [0.15, 0.2) is 119 Å². The number of para-hydroxylation sites is 1. The molecule has 1 N–H and O–H groups in total. The summed E-state index contributed by atoms with van der Waals surface area (Å²) in [6, 6.07) is 30.1. The maximum absolute atomic E-state index is 14.4. The summed E-state index contributed by atoms with van der Waals surface area (Å²) in [5, 5.41) is 3.12. The number of halogens is 2. The van der Waals surface area contributed by atoms with Gasteiger partial charge in [-0.2, -0.15) is 0 Å². The fourth-order valence-corrected chi connectivity index (χ4v) is 6.84. The van der Waals surface area contributed by atoms with E-state index >= 15 is 0 Å². The molecule has 0 unspecified atom stereocenters. The van der Waals surface area contributed by atoms with E-state index in [0.29, 0.717) is 0 Å². The zero-order valence-electron chi connectivity index (χ0n) is 23.9. The predicted octanol–water partition coefficient (Wildman–Crippen LogP) is 6.46. The Morgan fingerprint density at radius 2 is 1.44 bits per heavy atom. The molecule has 4 rings (SSSR count). The van der Waals surface area contributed by atoms with Crippen LogP contribution in [0.2, 0.25) is 5.02 Å². The minimum atomic E-state index is -4.22. The average molecular weight is 683 g/mol. The van der Waals surface area contributed by atoms with Crippen molar-refractivity contribution in [1.29, 1.82) is 0 Å². The summed E-state index contributed by atoms with van der Waals surface area (Å²) in [5.74, 6) is -0.892. The van der Waals surface area contributed by atoms with Crippen LogP contribution in [0.4, 0.5) is 5.69 Å². The lowest BCUT2D eigenvalue weighted by atomic mass is 10.0. The number of hydrogen-bond donors (Lipinski definition) is 1. The summed E-state index contributed by atoms with van der Waals surface area (Å²) in [6.45, 7) is 3.20. The summed E-state index contributed by atoms with van der Waals surface area (Å²) in [4.78, 5) is 29.6. The van der Waals surface area contributed by atoms with Crippen LogP contribution in [0, 0.1) is 0 Å². The van der Waals surface area contributed by atoms with Gasteiger partial charge in [-0.15, -0.1) is 0 Å². The Morgan fingerprint density at radius 3 is 2.07 bits per heavy atom. The Bertz CT molecular complexity index is 1650. The molecule has 0 saturated carbocycles. The van der Waals surface area contributed by atoms with Crippen LogP contribution in [0.1, 0.15) is 25.0 Å². The highest BCUT2D eigenvalue weighted by molar-refractivity contribution is 9.10. The number of hydrogen-bond acceptors (Lipinski definition) is 4. The SMILES string of the molecule is CC(C)NC(=O)[C@@H](Cc1ccccc1)N(Cc1cccc(Br)c1)C(=O)CN(c1ccccc1Cl)S(=O)(=O)c1ccccc1. The van der Waals surface area contributed by atoms with Crippen molar-refractivity contribution in [3.63, 3.8) is 0 Å². The maximum Gasteiger partial charge on any atom is 0.264 e. The number of carbonyl (C=O) groups excluding carboxylic acids is 2. The lowest BCUT2D eigenvalue weighted by Gasteiger charge is -2.34. The molecule has 7 nitrogen and oxygen atoms in total. The Labute approximate surface area is 266 Å². The minimum Gasteiger partial charge on any atom is -0.352 e. The molecular formula is C33H33BrClN3O4S. The normalized spacial score (nSPS) is 12.0. The van der Waals surface area contributed by atoms with Gasteiger partial charge in [0.2, 0.25) is 11.8 Å². The predicted molar refractivity (Wildman–Crippen MR) is 174 cm³/mol. The fraction of sp³-hybridized carbons (Fsp3) is 0.212. The van der Waals surface area contributed by atoms with Gasteiger partial charge in [0, 0.05) is 23.5 Å². The van der Waals surface area contributed by atoms with Gasteiger partial charge >= 0.3 is 0 Å². The Morgan fingerprint density at radius 1 is 0.837 bits per heavy atom. The van der Waals surface area contributed by atoms with Gasteiger partial charge in [-0.3, -0.25) is 13.9 Å². The van der Waals surface area contributed by atoms with E-state index in [1.807, 2.05) is 68.4 Å². The number of anilines is 1. The molecule has 0 aromatic heterocycles.